The number of hydrogen-bond acceptors (Lipinski definition) is 5. The predicted molar refractivity (Wildman–Crippen MR) is 112 cm³/mol. The van der Waals surface area contributed by atoms with Gasteiger partial charge in [-0.2, -0.15) is 10.1 Å². The van der Waals surface area contributed by atoms with E-state index in [0.717, 1.165) is 21.5 Å². The molecular formula is C21H19FN4OS. The van der Waals surface area contributed by atoms with Gasteiger partial charge in [-0.1, -0.05) is 35.6 Å². The molecule has 7 heteroatoms. The zero-order valence-electron chi connectivity index (χ0n) is 15.6. The van der Waals surface area contributed by atoms with Crippen molar-refractivity contribution in [3.05, 3.63) is 59.9 Å². The molecule has 0 N–H and O–H groups in total. The van der Waals surface area contributed by atoms with Crippen molar-refractivity contribution in [1.29, 1.82) is 0 Å². The Labute approximate surface area is 166 Å². The minimum Gasteiger partial charge on any atom is -0.293 e. The zero-order chi connectivity index (χ0) is 19.7. The molecule has 0 bridgehead atoms. The van der Waals surface area contributed by atoms with Gasteiger partial charge >= 0.3 is 0 Å². The molecule has 1 aliphatic heterocycles. The first-order valence-corrected chi connectivity index (χ1v) is 9.84. The molecule has 1 amide bonds. The number of hydrazone groups is 1. The Bertz CT molecular complexity index is 1050. The molecule has 0 fully saturated rings. The fraction of sp³-hybridized carbons (Fsp3) is 0.238. The second-order valence-electron chi connectivity index (χ2n) is 6.69. The molecule has 1 atom stereocenters. The Morgan fingerprint density at radius 3 is 2.71 bits per heavy atom. The minimum absolute atomic E-state index is 0.125. The van der Waals surface area contributed by atoms with Crippen LogP contribution in [0.5, 0.6) is 0 Å². The summed E-state index contributed by atoms with van der Waals surface area (Å²) in [5, 5.41) is 6.41. The second kappa shape index (κ2) is 7.59. The van der Waals surface area contributed by atoms with Crippen LogP contribution in [0.25, 0.3) is 10.2 Å². The van der Waals surface area contributed by atoms with Crippen molar-refractivity contribution < 1.29 is 9.18 Å². The lowest BCUT2D eigenvalue weighted by molar-refractivity contribution is -0.118. The molecule has 0 saturated carbocycles. The third-order valence-corrected chi connectivity index (χ3v) is 5.70. The lowest BCUT2D eigenvalue weighted by Crippen LogP contribution is -2.31. The smallest absolute Gasteiger partial charge is 0.264 e. The number of fused-ring (bicyclic) bond motifs is 1. The molecule has 0 unspecified atom stereocenters. The second-order valence-corrected chi connectivity index (χ2v) is 7.70. The quantitative estimate of drug-likeness (QED) is 0.599. The van der Waals surface area contributed by atoms with Crippen LogP contribution in [0.3, 0.4) is 0 Å². The van der Waals surface area contributed by atoms with Gasteiger partial charge in [0.05, 0.1) is 15.9 Å². The first-order valence-electron chi connectivity index (χ1n) is 9.03. The lowest BCUT2D eigenvalue weighted by Gasteiger charge is -2.11. The van der Waals surface area contributed by atoms with Crippen molar-refractivity contribution in [2.75, 3.05) is 11.6 Å². The molecule has 142 valence electrons. The maximum Gasteiger partial charge on any atom is 0.264 e. The largest absolute Gasteiger partial charge is 0.293 e. The molecule has 1 aromatic heterocycles. The predicted octanol–water partition coefficient (Wildman–Crippen LogP) is 4.48. The maximum absolute atomic E-state index is 13.0. The summed E-state index contributed by atoms with van der Waals surface area (Å²) in [6.45, 7) is 4.23. The molecular weight excluding hydrogens is 375 g/mol. The molecule has 5 nitrogen and oxygen atoms in total. The lowest BCUT2D eigenvalue weighted by atomic mass is 9.99. The van der Waals surface area contributed by atoms with Gasteiger partial charge in [0.1, 0.15) is 11.7 Å². The van der Waals surface area contributed by atoms with Crippen LogP contribution in [0.1, 0.15) is 19.4 Å². The van der Waals surface area contributed by atoms with E-state index in [1.807, 2.05) is 38.1 Å². The Hall–Kier alpha value is -2.93. The van der Waals surface area contributed by atoms with E-state index in [4.69, 9.17) is 0 Å². The van der Waals surface area contributed by atoms with Gasteiger partial charge in [-0.05, 0) is 50.1 Å². The van der Waals surface area contributed by atoms with Crippen LogP contribution in [0.2, 0.25) is 0 Å². The SMILES string of the molecule is CC(=NCCc1ccc(F)cc1)[C@H]1C(=O)N(c2nc3ccccc3s2)N=C1C. The van der Waals surface area contributed by atoms with Gasteiger partial charge in [-0.15, -0.1) is 0 Å². The third-order valence-electron chi connectivity index (χ3n) is 4.69. The Morgan fingerprint density at radius 2 is 1.96 bits per heavy atom. The molecule has 0 spiro atoms. The first kappa shape index (κ1) is 18.4. The number of aromatic nitrogens is 1. The summed E-state index contributed by atoms with van der Waals surface area (Å²) in [5.74, 6) is -0.832. The molecule has 4 rings (SSSR count). The van der Waals surface area contributed by atoms with Gasteiger partial charge in [0.2, 0.25) is 5.13 Å². The highest BCUT2D eigenvalue weighted by Crippen LogP contribution is 2.32. The molecule has 0 aliphatic carbocycles. The molecule has 0 saturated heterocycles. The highest BCUT2D eigenvalue weighted by Gasteiger charge is 2.37. The van der Waals surface area contributed by atoms with Crippen LogP contribution in [0, 0.1) is 11.7 Å². The van der Waals surface area contributed by atoms with Crippen LogP contribution >= 0.6 is 11.3 Å². The van der Waals surface area contributed by atoms with Crippen LogP contribution in [-0.2, 0) is 11.2 Å². The summed E-state index contributed by atoms with van der Waals surface area (Å²) >= 11 is 1.45. The molecule has 1 aliphatic rings. The Morgan fingerprint density at radius 1 is 1.21 bits per heavy atom. The molecule has 0 radical (unpaired) electrons. The van der Waals surface area contributed by atoms with Gasteiger partial charge in [-0.25, -0.2) is 9.37 Å². The van der Waals surface area contributed by atoms with Gasteiger partial charge in [-0.3, -0.25) is 9.79 Å². The van der Waals surface area contributed by atoms with E-state index in [1.165, 1.54) is 28.5 Å². The summed E-state index contributed by atoms with van der Waals surface area (Å²) in [7, 11) is 0. The van der Waals surface area contributed by atoms with E-state index >= 15 is 0 Å². The monoisotopic (exact) mass is 394 g/mol. The van der Waals surface area contributed by atoms with E-state index < -0.39 is 5.92 Å². The molecule has 2 aromatic carbocycles. The summed E-state index contributed by atoms with van der Waals surface area (Å²) in [6.07, 6.45) is 0.691. The number of nitrogens with zero attached hydrogens (tertiary/aromatic N) is 4. The number of para-hydroxylation sites is 1. The number of carbonyl (C=O) groups excluding carboxylic acids is 1. The van der Waals surface area contributed by atoms with Crippen molar-refractivity contribution >= 4 is 44.0 Å². The normalized spacial score (nSPS) is 17.5. The van der Waals surface area contributed by atoms with Crippen molar-refractivity contribution in [3.8, 4) is 0 Å². The number of aliphatic imine (C=N–C) groups is 1. The maximum atomic E-state index is 13.0. The van der Waals surface area contributed by atoms with Gasteiger partial charge in [0.15, 0.2) is 0 Å². The standard InChI is InChI=1S/C21H19FN4OS/c1-13(23-12-11-15-7-9-16(22)10-8-15)19-14(2)25-26(20(19)27)21-24-17-5-3-4-6-18(17)28-21/h3-10,19H,11-12H2,1-2H3/t19-/m1/s1. The number of thiazole rings is 1. The van der Waals surface area contributed by atoms with Crippen molar-refractivity contribution in [1.82, 2.24) is 4.98 Å². The number of anilines is 1. The number of hydrogen-bond donors (Lipinski definition) is 0. The van der Waals surface area contributed by atoms with Gasteiger partial charge < -0.3 is 0 Å². The van der Waals surface area contributed by atoms with Crippen LogP contribution in [0.15, 0.2) is 58.6 Å². The fourth-order valence-corrected chi connectivity index (χ4v) is 4.16. The highest BCUT2D eigenvalue weighted by atomic mass is 32.1. The van der Waals surface area contributed by atoms with Crippen molar-refractivity contribution in [3.63, 3.8) is 0 Å². The summed E-state index contributed by atoms with van der Waals surface area (Å²) < 4.78 is 14.0. The highest BCUT2D eigenvalue weighted by molar-refractivity contribution is 7.22. The molecule has 28 heavy (non-hydrogen) atoms. The van der Waals surface area contributed by atoms with Gasteiger partial charge in [0.25, 0.3) is 5.91 Å². The van der Waals surface area contributed by atoms with E-state index in [2.05, 4.69) is 15.1 Å². The third kappa shape index (κ3) is 3.57. The topological polar surface area (TPSA) is 57.9 Å². The minimum atomic E-state index is -0.458. The van der Waals surface area contributed by atoms with Crippen molar-refractivity contribution in [2.24, 2.45) is 16.0 Å². The molecule has 3 aromatic rings. The number of benzene rings is 2. The van der Waals surface area contributed by atoms with Crippen LogP contribution in [0.4, 0.5) is 9.52 Å². The zero-order valence-corrected chi connectivity index (χ0v) is 16.4. The van der Waals surface area contributed by atoms with E-state index in [0.29, 0.717) is 23.8 Å². The van der Waals surface area contributed by atoms with E-state index in [1.54, 1.807) is 12.1 Å². The van der Waals surface area contributed by atoms with Crippen LogP contribution in [-0.4, -0.2) is 28.9 Å². The Kier molecular flexibility index (Phi) is 5.00. The average molecular weight is 394 g/mol. The average Bonchev–Trinajstić information content (AvgIpc) is 3.23. The summed E-state index contributed by atoms with van der Waals surface area (Å²) in [4.78, 5) is 22.1. The number of halogens is 1. The summed E-state index contributed by atoms with van der Waals surface area (Å²) in [5.41, 5.74) is 3.32. The van der Waals surface area contributed by atoms with E-state index in [9.17, 15) is 9.18 Å². The Balaban J connectivity index is 1.48. The number of rotatable bonds is 5. The van der Waals surface area contributed by atoms with Crippen molar-refractivity contribution in [2.45, 2.75) is 20.3 Å². The fourth-order valence-electron chi connectivity index (χ4n) is 3.24. The van der Waals surface area contributed by atoms with E-state index in [-0.39, 0.29) is 11.7 Å². The van der Waals surface area contributed by atoms with Gasteiger partial charge in [0, 0.05) is 12.3 Å². The number of amides is 1. The number of carbonyl (C=O) groups is 1. The van der Waals surface area contributed by atoms with Crippen LogP contribution < -0.4 is 5.01 Å². The molecule has 2 heterocycles. The summed E-state index contributed by atoms with van der Waals surface area (Å²) in [6, 6.07) is 14.2. The first-order chi connectivity index (χ1) is 13.5.